The second-order valence-corrected chi connectivity index (χ2v) is 9.90. The first-order chi connectivity index (χ1) is 20.9. The lowest BCUT2D eigenvalue weighted by atomic mass is 10.0. The van der Waals surface area contributed by atoms with E-state index in [0.717, 1.165) is 21.3 Å². The zero-order valence-corrected chi connectivity index (χ0v) is 23.2. The fourth-order valence-electron chi connectivity index (χ4n) is 4.74. The minimum atomic E-state index is -1.12. The molecule has 6 rings (SSSR count). The molecule has 2 N–H and O–H groups in total. The fraction of sp³-hybridized carbons (Fsp3) is 0.125. The standard InChI is InChI=1S/C32H27N7O4/c1-21-11-16-28(43-21)31-35-37-38(36-31)20-29(41)39(25-17-24-9-5-6-10-27(24)33-19-25)30(23-12-14-26(40)15-13-23)32(42)34-18-22-7-3-2-4-8-22/h2-17,19,30,40H,18,20H2,1H3,(H,34,42). The smallest absolute Gasteiger partial charge is 0.251 e. The highest BCUT2D eigenvalue weighted by molar-refractivity contribution is 6.02. The molecule has 3 aromatic heterocycles. The van der Waals surface area contributed by atoms with E-state index in [2.05, 4.69) is 25.7 Å². The van der Waals surface area contributed by atoms with Crippen molar-refractivity contribution in [2.45, 2.75) is 26.1 Å². The summed E-state index contributed by atoms with van der Waals surface area (Å²) in [5.41, 5.74) is 2.53. The SMILES string of the molecule is Cc1ccc(-c2nnn(CC(=O)N(c3cnc4ccccc4c3)C(C(=O)NCc3ccccc3)c3ccc(O)cc3)n2)o1. The van der Waals surface area contributed by atoms with Gasteiger partial charge in [0.15, 0.2) is 5.76 Å². The van der Waals surface area contributed by atoms with Gasteiger partial charge in [-0.3, -0.25) is 19.5 Å². The number of carbonyl (C=O) groups excluding carboxylic acids is 2. The third kappa shape index (κ3) is 6.10. The lowest BCUT2D eigenvalue weighted by Crippen LogP contribution is -2.45. The summed E-state index contributed by atoms with van der Waals surface area (Å²) in [6.07, 6.45) is 1.56. The van der Waals surface area contributed by atoms with Crippen LogP contribution in [0, 0.1) is 6.92 Å². The molecule has 0 saturated carbocycles. The van der Waals surface area contributed by atoms with Gasteiger partial charge in [0.2, 0.25) is 11.7 Å². The first-order valence-electron chi connectivity index (χ1n) is 13.6. The minimum Gasteiger partial charge on any atom is -0.508 e. The normalized spacial score (nSPS) is 11.7. The number of amides is 2. The number of furan rings is 1. The summed E-state index contributed by atoms with van der Waals surface area (Å²) >= 11 is 0. The Morgan fingerprint density at radius 3 is 2.51 bits per heavy atom. The molecule has 214 valence electrons. The molecule has 0 aliphatic carbocycles. The molecule has 0 bridgehead atoms. The number of phenolic OH excluding ortho intramolecular Hbond substituents is 1. The van der Waals surface area contributed by atoms with Crippen LogP contribution in [-0.4, -0.2) is 42.1 Å². The number of hydrogen-bond acceptors (Lipinski definition) is 8. The van der Waals surface area contributed by atoms with E-state index >= 15 is 0 Å². The first-order valence-corrected chi connectivity index (χ1v) is 13.6. The van der Waals surface area contributed by atoms with Crippen molar-refractivity contribution in [2.24, 2.45) is 0 Å². The summed E-state index contributed by atoms with van der Waals surface area (Å²) in [5.74, 6) is 0.476. The number of nitrogens with zero attached hydrogens (tertiary/aromatic N) is 6. The van der Waals surface area contributed by atoms with E-state index in [0.29, 0.717) is 22.8 Å². The minimum absolute atomic E-state index is 0.0324. The number of aromatic nitrogens is 5. The number of nitrogens with one attached hydrogen (secondary N) is 1. The number of aryl methyl sites for hydroxylation is 1. The highest BCUT2D eigenvalue weighted by Crippen LogP contribution is 2.31. The van der Waals surface area contributed by atoms with E-state index in [4.69, 9.17) is 4.42 Å². The largest absolute Gasteiger partial charge is 0.508 e. The predicted molar refractivity (Wildman–Crippen MR) is 159 cm³/mol. The number of anilines is 1. The zero-order valence-electron chi connectivity index (χ0n) is 23.2. The Morgan fingerprint density at radius 2 is 1.74 bits per heavy atom. The molecule has 0 radical (unpaired) electrons. The molecule has 0 aliphatic heterocycles. The van der Waals surface area contributed by atoms with Crippen LogP contribution >= 0.6 is 0 Å². The fourth-order valence-corrected chi connectivity index (χ4v) is 4.74. The van der Waals surface area contributed by atoms with E-state index in [1.54, 1.807) is 37.4 Å². The van der Waals surface area contributed by atoms with Crippen LogP contribution in [0.4, 0.5) is 5.69 Å². The Morgan fingerprint density at radius 1 is 0.977 bits per heavy atom. The molecule has 0 fully saturated rings. The molecular formula is C32H27N7O4. The van der Waals surface area contributed by atoms with Crippen LogP contribution in [0.1, 0.15) is 22.9 Å². The van der Waals surface area contributed by atoms with Gasteiger partial charge in [0, 0.05) is 11.9 Å². The van der Waals surface area contributed by atoms with Crippen molar-refractivity contribution < 1.29 is 19.1 Å². The molecule has 0 aliphatic rings. The molecule has 6 aromatic rings. The van der Waals surface area contributed by atoms with Crippen LogP contribution in [0.25, 0.3) is 22.5 Å². The quantitative estimate of drug-likeness (QED) is 0.256. The van der Waals surface area contributed by atoms with Crippen molar-refractivity contribution in [1.29, 1.82) is 0 Å². The lowest BCUT2D eigenvalue weighted by molar-refractivity contribution is -0.127. The van der Waals surface area contributed by atoms with E-state index in [1.165, 1.54) is 17.0 Å². The number of fused-ring (bicyclic) bond motifs is 1. The Kier molecular flexibility index (Phi) is 7.60. The molecule has 2 amide bonds. The van der Waals surface area contributed by atoms with Gasteiger partial charge < -0.3 is 14.8 Å². The maximum Gasteiger partial charge on any atom is 0.251 e. The topological polar surface area (TPSA) is 139 Å². The van der Waals surface area contributed by atoms with Gasteiger partial charge in [-0.2, -0.15) is 4.80 Å². The van der Waals surface area contributed by atoms with E-state index in [9.17, 15) is 14.7 Å². The van der Waals surface area contributed by atoms with E-state index in [-0.39, 0.29) is 24.7 Å². The number of rotatable bonds is 9. The van der Waals surface area contributed by atoms with Gasteiger partial charge in [-0.15, -0.1) is 10.2 Å². The molecule has 0 saturated heterocycles. The maximum absolute atomic E-state index is 14.2. The third-order valence-corrected chi connectivity index (χ3v) is 6.84. The van der Waals surface area contributed by atoms with Gasteiger partial charge in [0.25, 0.3) is 5.91 Å². The average molecular weight is 574 g/mol. The third-order valence-electron chi connectivity index (χ3n) is 6.84. The van der Waals surface area contributed by atoms with Crippen molar-refractivity contribution in [1.82, 2.24) is 30.5 Å². The van der Waals surface area contributed by atoms with Crippen LogP contribution < -0.4 is 10.2 Å². The molecule has 0 spiro atoms. The lowest BCUT2D eigenvalue weighted by Gasteiger charge is -2.31. The molecule has 3 aromatic carbocycles. The van der Waals surface area contributed by atoms with Crippen molar-refractivity contribution in [3.63, 3.8) is 0 Å². The van der Waals surface area contributed by atoms with Crippen molar-refractivity contribution in [3.05, 3.63) is 120 Å². The van der Waals surface area contributed by atoms with Crippen LogP contribution in [0.2, 0.25) is 0 Å². The second kappa shape index (κ2) is 12.0. The van der Waals surface area contributed by atoms with Gasteiger partial charge in [-0.1, -0.05) is 60.7 Å². The van der Waals surface area contributed by atoms with E-state index < -0.39 is 17.9 Å². The summed E-state index contributed by atoms with van der Waals surface area (Å²) in [6.45, 7) is 1.74. The number of phenols is 1. The maximum atomic E-state index is 14.2. The number of tetrazole rings is 1. The number of carbonyl (C=O) groups is 2. The van der Waals surface area contributed by atoms with Crippen LogP contribution in [0.5, 0.6) is 5.75 Å². The molecule has 3 heterocycles. The number of pyridine rings is 1. The number of para-hydroxylation sites is 1. The van der Waals surface area contributed by atoms with Gasteiger partial charge >= 0.3 is 0 Å². The number of hydrogen-bond donors (Lipinski definition) is 2. The van der Waals surface area contributed by atoms with Crippen LogP contribution in [0.15, 0.2) is 108 Å². The number of aromatic hydroxyl groups is 1. The van der Waals surface area contributed by atoms with Gasteiger partial charge in [-0.05, 0) is 59.7 Å². The second-order valence-electron chi connectivity index (χ2n) is 9.90. The highest BCUT2D eigenvalue weighted by Gasteiger charge is 2.34. The highest BCUT2D eigenvalue weighted by atomic mass is 16.3. The van der Waals surface area contributed by atoms with Gasteiger partial charge in [0.05, 0.1) is 17.4 Å². The molecule has 11 nitrogen and oxygen atoms in total. The van der Waals surface area contributed by atoms with Crippen molar-refractivity contribution in [2.75, 3.05) is 4.90 Å². The van der Waals surface area contributed by atoms with Crippen LogP contribution in [-0.2, 0) is 22.7 Å². The summed E-state index contributed by atoms with van der Waals surface area (Å²) in [6, 6.07) is 27.4. The Hall–Kier alpha value is -5.84. The number of benzene rings is 3. The molecule has 11 heteroatoms. The zero-order chi connectivity index (χ0) is 29.8. The summed E-state index contributed by atoms with van der Waals surface area (Å²) in [7, 11) is 0. The molecular weight excluding hydrogens is 546 g/mol. The summed E-state index contributed by atoms with van der Waals surface area (Å²) in [4.78, 5) is 35.2. The van der Waals surface area contributed by atoms with Crippen molar-refractivity contribution in [3.8, 4) is 17.3 Å². The van der Waals surface area contributed by atoms with Crippen molar-refractivity contribution >= 4 is 28.4 Å². The molecule has 43 heavy (non-hydrogen) atoms. The van der Waals surface area contributed by atoms with Gasteiger partial charge in [-0.25, -0.2) is 0 Å². The Balaban J connectivity index is 1.39. The summed E-state index contributed by atoms with van der Waals surface area (Å²) in [5, 5.41) is 26.2. The monoisotopic (exact) mass is 573 g/mol. The summed E-state index contributed by atoms with van der Waals surface area (Å²) < 4.78 is 5.59. The molecule has 1 atom stereocenters. The predicted octanol–water partition coefficient (Wildman–Crippen LogP) is 4.59. The van der Waals surface area contributed by atoms with Gasteiger partial charge in [0.1, 0.15) is 24.1 Å². The van der Waals surface area contributed by atoms with Crippen LogP contribution in [0.3, 0.4) is 0 Å². The first kappa shape index (κ1) is 27.3. The van der Waals surface area contributed by atoms with E-state index in [1.807, 2.05) is 60.7 Å². The Labute approximate surface area is 246 Å². The average Bonchev–Trinajstić information content (AvgIpc) is 3.68. The molecule has 1 unspecified atom stereocenters. The Bertz CT molecular complexity index is 1880.